The Morgan fingerprint density at radius 1 is 1.30 bits per heavy atom. The van der Waals surface area contributed by atoms with Gasteiger partial charge in [-0.05, 0) is 25.1 Å². The molecule has 23 heavy (non-hydrogen) atoms. The molecule has 0 bridgehead atoms. The van der Waals surface area contributed by atoms with Gasteiger partial charge in [0, 0.05) is 18.4 Å². The van der Waals surface area contributed by atoms with Gasteiger partial charge in [0.2, 0.25) is 5.91 Å². The highest BCUT2D eigenvalue weighted by Crippen LogP contribution is 2.03. The summed E-state index contributed by atoms with van der Waals surface area (Å²) in [5.74, 6) is -0.295. The van der Waals surface area contributed by atoms with Crippen LogP contribution >= 0.6 is 0 Å². The molecular formula is C15H16N6O2. The lowest BCUT2D eigenvalue weighted by molar-refractivity contribution is -0.122. The number of amides is 1. The largest absolute Gasteiger partial charge is 0.350 e. The Bertz CT molecular complexity index is 871. The molecule has 0 radical (unpaired) electrons. The van der Waals surface area contributed by atoms with E-state index in [2.05, 4.69) is 20.7 Å². The Kier molecular flexibility index (Phi) is 4.13. The summed E-state index contributed by atoms with van der Waals surface area (Å²) < 4.78 is 2.80. The van der Waals surface area contributed by atoms with Crippen molar-refractivity contribution < 1.29 is 4.79 Å². The summed E-state index contributed by atoms with van der Waals surface area (Å²) in [6.45, 7) is 2.26. The van der Waals surface area contributed by atoms with Crippen molar-refractivity contribution in [1.29, 1.82) is 0 Å². The van der Waals surface area contributed by atoms with E-state index in [0.29, 0.717) is 17.4 Å². The van der Waals surface area contributed by atoms with Crippen LogP contribution in [-0.2, 0) is 17.9 Å². The van der Waals surface area contributed by atoms with E-state index < -0.39 is 0 Å². The van der Waals surface area contributed by atoms with Crippen molar-refractivity contribution in [1.82, 2.24) is 30.1 Å². The topological polar surface area (TPSA) is 94.7 Å². The van der Waals surface area contributed by atoms with Crippen LogP contribution in [-0.4, -0.2) is 36.7 Å². The molecule has 8 heteroatoms. The maximum absolute atomic E-state index is 12.3. The van der Waals surface area contributed by atoms with Crippen molar-refractivity contribution >= 4 is 16.8 Å². The first-order valence-corrected chi connectivity index (χ1v) is 7.23. The number of fused-ring (bicyclic) bond motifs is 1. The van der Waals surface area contributed by atoms with Crippen LogP contribution in [0.15, 0.2) is 47.5 Å². The van der Waals surface area contributed by atoms with Crippen LogP contribution < -0.4 is 10.9 Å². The number of hydrogen-bond donors (Lipinski definition) is 1. The minimum absolute atomic E-state index is 0.119. The lowest BCUT2D eigenvalue weighted by Gasteiger charge is -2.14. The second kappa shape index (κ2) is 6.39. The first-order valence-electron chi connectivity index (χ1n) is 7.23. The Morgan fingerprint density at radius 3 is 2.91 bits per heavy atom. The second-order valence-corrected chi connectivity index (χ2v) is 5.27. The highest BCUT2D eigenvalue weighted by Gasteiger charge is 2.12. The van der Waals surface area contributed by atoms with Crippen LogP contribution in [0.5, 0.6) is 0 Å². The van der Waals surface area contributed by atoms with E-state index in [-0.39, 0.29) is 24.1 Å². The Morgan fingerprint density at radius 2 is 2.13 bits per heavy atom. The van der Waals surface area contributed by atoms with Crippen LogP contribution in [0.3, 0.4) is 0 Å². The Labute approximate surface area is 131 Å². The fraction of sp³-hybridized carbons (Fsp3) is 0.267. The van der Waals surface area contributed by atoms with Gasteiger partial charge >= 0.3 is 0 Å². The predicted octanol–water partition coefficient (Wildman–Crippen LogP) is 0.193. The molecule has 0 aliphatic heterocycles. The molecule has 1 amide bonds. The molecule has 2 heterocycles. The van der Waals surface area contributed by atoms with E-state index in [0.717, 1.165) is 4.68 Å². The van der Waals surface area contributed by atoms with Crippen molar-refractivity contribution in [2.24, 2.45) is 0 Å². The number of carbonyl (C=O) groups is 1. The maximum atomic E-state index is 12.3. The zero-order valence-electron chi connectivity index (χ0n) is 12.6. The number of nitrogens with one attached hydrogen (secondary N) is 1. The number of rotatable bonds is 5. The average molecular weight is 312 g/mol. The van der Waals surface area contributed by atoms with Gasteiger partial charge in [0.1, 0.15) is 12.1 Å². The van der Waals surface area contributed by atoms with E-state index in [1.807, 2.05) is 19.2 Å². The molecule has 1 aromatic carbocycles. The Balaban J connectivity index is 1.68. The Hall–Kier alpha value is -3.03. The number of hydrogen-bond acceptors (Lipinski definition) is 5. The molecule has 1 N–H and O–H groups in total. The number of carbonyl (C=O) groups excluding carboxylic acids is 1. The van der Waals surface area contributed by atoms with Gasteiger partial charge in [-0.15, -0.1) is 5.10 Å². The van der Waals surface area contributed by atoms with Crippen molar-refractivity contribution in [3.05, 3.63) is 53.1 Å². The van der Waals surface area contributed by atoms with Crippen LogP contribution in [0.1, 0.15) is 6.92 Å². The third-order valence-corrected chi connectivity index (χ3v) is 3.35. The van der Waals surface area contributed by atoms with Gasteiger partial charge in [-0.1, -0.05) is 17.3 Å². The van der Waals surface area contributed by atoms with Crippen LogP contribution in [0, 0.1) is 0 Å². The minimum Gasteiger partial charge on any atom is -0.350 e. The van der Waals surface area contributed by atoms with Crippen molar-refractivity contribution in [2.45, 2.75) is 26.1 Å². The van der Waals surface area contributed by atoms with E-state index >= 15 is 0 Å². The first-order chi connectivity index (χ1) is 11.1. The summed E-state index contributed by atoms with van der Waals surface area (Å²) in [5, 5.41) is 15.1. The molecule has 8 nitrogen and oxygen atoms in total. The summed E-state index contributed by atoms with van der Waals surface area (Å²) in [4.78, 5) is 24.3. The van der Waals surface area contributed by atoms with E-state index in [1.165, 1.54) is 0 Å². The van der Waals surface area contributed by atoms with E-state index in [9.17, 15) is 9.59 Å². The SMILES string of the molecule is C[C@@H](Cn1cccn1)NC(=O)Cn1nnc2ccccc2c1=O. The molecule has 1 atom stereocenters. The normalized spacial score (nSPS) is 12.2. The molecule has 0 aliphatic carbocycles. The number of benzene rings is 1. The molecule has 0 unspecified atom stereocenters. The predicted molar refractivity (Wildman–Crippen MR) is 83.6 cm³/mol. The molecular weight excluding hydrogens is 296 g/mol. The molecule has 118 valence electrons. The van der Waals surface area contributed by atoms with Crippen molar-refractivity contribution in [3.63, 3.8) is 0 Å². The zero-order chi connectivity index (χ0) is 16.2. The molecule has 0 saturated carbocycles. The third kappa shape index (κ3) is 3.42. The fourth-order valence-corrected chi connectivity index (χ4v) is 2.32. The minimum atomic E-state index is -0.328. The summed E-state index contributed by atoms with van der Waals surface area (Å²) in [6.07, 6.45) is 3.50. The summed E-state index contributed by atoms with van der Waals surface area (Å²) >= 11 is 0. The molecule has 0 fully saturated rings. The second-order valence-electron chi connectivity index (χ2n) is 5.27. The molecule has 3 aromatic rings. The maximum Gasteiger partial charge on any atom is 0.278 e. The lowest BCUT2D eigenvalue weighted by atomic mass is 10.2. The van der Waals surface area contributed by atoms with Gasteiger partial charge in [0.15, 0.2) is 0 Å². The van der Waals surface area contributed by atoms with Gasteiger partial charge < -0.3 is 5.32 Å². The van der Waals surface area contributed by atoms with Gasteiger partial charge in [-0.2, -0.15) is 5.10 Å². The van der Waals surface area contributed by atoms with Crippen molar-refractivity contribution in [3.8, 4) is 0 Å². The summed E-state index contributed by atoms with van der Waals surface area (Å²) in [5.41, 5.74) is 0.187. The molecule has 0 aliphatic rings. The van der Waals surface area contributed by atoms with Gasteiger partial charge in [0.05, 0.1) is 11.9 Å². The third-order valence-electron chi connectivity index (χ3n) is 3.35. The smallest absolute Gasteiger partial charge is 0.278 e. The van der Waals surface area contributed by atoms with Gasteiger partial charge in [-0.3, -0.25) is 14.3 Å². The van der Waals surface area contributed by atoms with Gasteiger partial charge in [-0.25, -0.2) is 4.68 Å². The molecule has 3 rings (SSSR count). The zero-order valence-corrected chi connectivity index (χ0v) is 12.6. The quantitative estimate of drug-likeness (QED) is 0.726. The first kappa shape index (κ1) is 14.9. The average Bonchev–Trinajstić information content (AvgIpc) is 3.03. The molecule has 2 aromatic heterocycles. The lowest BCUT2D eigenvalue weighted by Crippen LogP contribution is -2.40. The van der Waals surface area contributed by atoms with Crippen LogP contribution in [0.4, 0.5) is 0 Å². The van der Waals surface area contributed by atoms with E-state index in [1.54, 1.807) is 35.1 Å². The standard InChI is InChI=1S/C15H16N6O2/c1-11(9-20-8-4-7-16-20)17-14(22)10-21-15(23)12-5-2-3-6-13(12)18-19-21/h2-8,11H,9-10H2,1H3,(H,17,22)/t11-/m0/s1. The number of aromatic nitrogens is 5. The van der Waals surface area contributed by atoms with Gasteiger partial charge in [0.25, 0.3) is 5.56 Å². The van der Waals surface area contributed by atoms with Crippen molar-refractivity contribution in [2.75, 3.05) is 0 Å². The van der Waals surface area contributed by atoms with Crippen LogP contribution in [0.25, 0.3) is 10.9 Å². The highest BCUT2D eigenvalue weighted by molar-refractivity contribution is 5.78. The summed E-state index contributed by atoms with van der Waals surface area (Å²) in [6, 6.07) is 8.61. The highest BCUT2D eigenvalue weighted by atomic mass is 16.2. The van der Waals surface area contributed by atoms with E-state index in [4.69, 9.17) is 0 Å². The summed E-state index contributed by atoms with van der Waals surface area (Å²) in [7, 11) is 0. The monoisotopic (exact) mass is 312 g/mol. The molecule has 0 spiro atoms. The molecule has 0 saturated heterocycles. The fourth-order valence-electron chi connectivity index (χ4n) is 2.32. The number of nitrogens with zero attached hydrogens (tertiary/aromatic N) is 5. The van der Waals surface area contributed by atoms with Crippen LogP contribution in [0.2, 0.25) is 0 Å².